The topological polar surface area (TPSA) is 99.2 Å². The lowest BCUT2D eigenvalue weighted by atomic mass is 9.88. The first kappa shape index (κ1) is 25.0. The molecule has 0 bridgehead atoms. The minimum Gasteiger partial charge on any atom is -0.465 e. The molecular formula is C26H29NO7. The van der Waals surface area contributed by atoms with Crippen molar-refractivity contribution in [3.8, 4) is 0 Å². The van der Waals surface area contributed by atoms with Gasteiger partial charge in [0.25, 0.3) is 0 Å². The molecule has 0 radical (unpaired) electrons. The Kier molecular flexibility index (Phi) is 9.20. The van der Waals surface area contributed by atoms with Gasteiger partial charge < -0.3 is 14.2 Å². The summed E-state index contributed by atoms with van der Waals surface area (Å²) in [6.07, 6.45) is 0.388. The predicted octanol–water partition coefficient (Wildman–Crippen LogP) is 3.67. The van der Waals surface area contributed by atoms with E-state index in [9.17, 15) is 19.2 Å². The molecule has 1 amide bonds. The Hall–Kier alpha value is -3.68. The van der Waals surface area contributed by atoms with Crippen LogP contribution in [0.25, 0.3) is 0 Å². The zero-order valence-electron chi connectivity index (χ0n) is 19.2. The largest absolute Gasteiger partial charge is 0.465 e. The number of rotatable bonds is 9. The van der Waals surface area contributed by atoms with Crippen LogP contribution >= 0.6 is 0 Å². The molecule has 0 spiro atoms. The molecule has 1 aliphatic heterocycles. The summed E-state index contributed by atoms with van der Waals surface area (Å²) >= 11 is 0. The first-order chi connectivity index (χ1) is 16.5. The van der Waals surface area contributed by atoms with Gasteiger partial charge in [0, 0.05) is 6.42 Å². The lowest BCUT2D eigenvalue weighted by Crippen LogP contribution is -2.58. The van der Waals surface area contributed by atoms with Crippen LogP contribution in [0.4, 0.5) is 4.79 Å². The van der Waals surface area contributed by atoms with Crippen LogP contribution in [0.5, 0.6) is 0 Å². The number of carbonyl (C=O) groups excluding carboxylic acids is 4. The van der Waals surface area contributed by atoms with Gasteiger partial charge in [0.2, 0.25) is 0 Å². The quantitative estimate of drug-likeness (QED) is 0.315. The first-order valence-electron chi connectivity index (χ1n) is 11.4. The fourth-order valence-corrected chi connectivity index (χ4v) is 3.65. The third-order valence-electron chi connectivity index (χ3n) is 5.46. The Morgan fingerprint density at radius 2 is 1.44 bits per heavy atom. The van der Waals surface area contributed by atoms with Crippen molar-refractivity contribution in [1.29, 1.82) is 0 Å². The number of carbonyl (C=O) groups is 4. The minimum atomic E-state index is -1.32. The number of esters is 2. The Morgan fingerprint density at radius 1 is 0.853 bits per heavy atom. The average molecular weight is 468 g/mol. The van der Waals surface area contributed by atoms with Gasteiger partial charge in [-0.15, -0.1) is 0 Å². The zero-order valence-corrected chi connectivity index (χ0v) is 19.2. The van der Waals surface area contributed by atoms with Gasteiger partial charge in [0.1, 0.15) is 19.3 Å². The molecule has 1 saturated heterocycles. The molecule has 2 atom stereocenters. The summed E-state index contributed by atoms with van der Waals surface area (Å²) in [6, 6.07) is 16.7. The highest BCUT2D eigenvalue weighted by atomic mass is 16.6. The number of hydrogen-bond acceptors (Lipinski definition) is 7. The third-order valence-corrected chi connectivity index (χ3v) is 5.46. The van der Waals surface area contributed by atoms with Crippen molar-refractivity contribution in [2.24, 2.45) is 5.92 Å². The van der Waals surface area contributed by atoms with E-state index in [1.54, 1.807) is 36.4 Å². The van der Waals surface area contributed by atoms with Gasteiger partial charge in [-0.3, -0.25) is 14.5 Å². The van der Waals surface area contributed by atoms with Gasteiger partial charge in [0.05, 0.1) is 19.1 Å². The summed E-state index contributed by atoms with van der Waals surface area (Å²) in [5, 5.41) is 0. The Bertz CT molecular complexity index is 977. The van der Waals surface area contributed by atoms with Crippen molar-refractivity contribution in [2.75, 3.05) is 13.2 Å². The molecule has 2 aromatic carbocycles. The molecule has 1 heterocycles. The standard InChI is InChI=1S/C26H29NO7/c1-2-3-14-32-24(29)22-15-21(28)16-27(26(31)34-18-20-12-8-5-9-13-20)23(22)25(30)33-17-19-10-6-4-7-11-19/h4-13,22-23H,2-3,14-18H2,1H3/t22-,23-/m0/s1. The van der Waals surface area contributed by atoms with Gasteiger partial charge in [-0.05, 0) is 17.5 Å². The molecule has 1 aliphatic rings. The lowest BCUT2D eigenvalue weighted by molar-refractivity contribution is -0.166. The van der Waals surface area contributed by atoms with E-state index in [4.69, 9.17) is 14.2 Å². The second-order valence-electron chi connectivity index (χ2n) is 8.08. The third kappa shape index (κ3) is 6.91. The number of nitrogens with zero attached hydrogens (tertiary/aromatic N) is 1. The molecule has 1 fully saturated rings. The molecular weight excluding hydrogens is 438 g/mol. The predicted molar refractivity (Wildman–Crippen MR) is 122 cm³/mol. The summed E-state index contributed by atoms with van der Waals surface area (Å²) in [5.74, 6) is -3.01. The van der Waals surface area contributed by atoms with Crippen molar-refractivity contribution >= 4 is 23.8 Å². The van der Waals surface area contributed by atoms with Crippen LogP contribution in [0.2, 0.25) is 0 Å². The number of likely N-dealkylation sites (tertiary alicyclic amines) is 1. The smallest absolute Gasteiger partial charge is 0.411 e. The first-order valence-corrected chi connectivity index (χ1v) is 11.4. The Morgan fingerprint density at radius 3 is 2.03 bits per heavy atom. The number of ether oxygens (including phenoxy) is 3. The van der Waals surface area contributed by atoms with Crippen LogP contribution in [-0.2, 0) is 41.8 Å². The van der Waals surface area contributed by atoms with E-state index in [2.05, 4.69) is 0 Å². The summed E-state index contributed by atoms with van der Waals surface area (Å²) in [7, 11) is 0. The molecule has 180 valence electrons. The molecule has 0 aliphatic carbocycles. The van der Waals surface area contributed by atoms with Crippen molar-refractivity contribution in [3.05, 3.63) is 71.8 Å². The SMILES string of the molecule is CCCCOC(=O)[C@H]1CC(=O)CN(C(=O)OCc2ccccc2)[C@@H]1C(=O)OCc1ccccc1. The average Bonchev–Trinajstić information content (AvgIpc) is 2.86. The molecule has 0 N–H and O–H groups in total. The van der Waals surface area contributed by atoms with Crippen LogP contribution in [0.15, 0.2) is 60.7 Å². The molecule has 34 heavy (non-hydrogen) atoms. The van der Waals surface area contributed by atoms with E-state index in [1.807, 2.05) is 31.2 Å². The fourth-order valence-electron chi connectivity index (χ4n) is 3.65. The number of hydrogen-bond donors (Lipinski definition) is 0. The van der Waals surface area contributed by atoms with Crippen LogP contribution in [0.1, 0.15) is 37.3 Å². The van der Waals surface area contributed by atoms with Gasteiger partial charge in [-0.25, -0.2) is 9.59 Å². The summed E-state index contributed by atoms with van der Waals surface area (Å²) in [6.45, 7) is 1.70. The number of ketones is 1. The van der Waals surface area contributed by atoms with Crippen LogP contribution in [0, 0.1) is 5.92 Å². The van der Waals surface area contributed by atoms with Gasteiger partial charge in [-0.1, -0.05) is 74.0 Å². The maximum atomic E-state index is 13.1. The molecule has 2 aromatic rings. The van der Waals surface area contributed by atoms with Crippen LogP contribution in [0.3, 0.4) is 0 Å². The maximum absolute atomic E-state index is 13.1. The Labute approximate surface area is 198 Å². The van der Waals surface area contributed by atoms with E-state index in [1.165, 1.54) is 0 Å². The highest BCUT2D eigenvalue weighted by molar-refractivity contribution is 5.96. The highest BCUT2D eigenvalue weighted by Crippen LogP contribution is 2.26. The van der Waals surface area contributed by atoms with Crippen molar-refractivity contribution in [1.82, 2.24) is 4.90 Å². The number of piperidine rings is 1. The second kappa shape index (κ2) is 12.5. The summed E-state index contributed by atoms with van der Waals surface area (Å²) in [5.41, 5.74) is 1.50. The molecule has 8 nitrogen and oxygen atoms in total. The monoisotopic (exact) mass is 467 g/mol. The van der Waals surface area contributed by atoms with Crippen molar-refractivity contribution < 1.29 is 33.4 Å². The van der Waals surface area contributed by atoms with E-state index in [0.717, 1.165) is 22.4 Å². The van der Waals surface area contributed by atoms with E-state index in [0.29, 0.717) is 6.42 Å². The number of Topliss-reactive ketones (excluding diaryl/α,β-unsaturated/α-hetero) is 1. The number of unbranched alkanes of at least 4 members (excludes halogenated alkanes) is 1. The molecule has 0 unspecified atom stereocenters. The van der Waals surface area contributed by atoms with Gasteiger partial charge in [-0.2, -0.15) is 0 Å². The van der Waals surface area contributed by atoms with E-state index >= 15 is 0 Å². The normalized spacial score (nSPS) is 17.7. The van der Waals surface area contributed by atoms with Crippen LogP contribution < -0.4 is 0 Å². The summed E-state index contributed by atoms with van der Waals surface area (Å²) < 4.78 is 16.1. The van der Waals surface area contributed by atoms with E-state index < -0.39 is 30.0 Å². The van der Waals surface area contributed by atoms with Crippen LogP contribution in [-0.4, -0.2) is 47.9 Å². The number of amides is 1. The van der Waals surface area contributed by atoms with Gasteiger partial charge in [0.15, 0.2) is 5.78 Å². The molecule has 0 saturated carbocycles. The maximum Gasteiger partial charge on any atom is 0.411 e. The second-order valence-corrected chi connectivity index (χ2v) is 8.08. The van der Waals surface area contributed by atoms with Crippen molar-refractivity contribution in [3.63, 3.8) is 0 Å². The summed E-state index contributed by atoms with van der Waals surface area (Å²) in [4.78, 5) is 52.3. The number of benzene rings is 2. The molecule has 3 rings (SSSR count). The zero-order chi connectivity index (χ0) is 24.3. The fraction of sp³-hybridized carbons (Fsp3) is 0.385. The molecule has 8 heteroatoms. The lowest BCUT2D eigenvalue weighted by Gasteiger charge is -2.36. The van der Waals surface area contributed by atoms with E-state index in [-0.39, 0.29) is 38.6 Å². The van der Waals surface area contributed by atoms with Crippen molar-refractivity contribution in [2.45, 2.75) is 45.4 Å². The molecule has 0 aromatic heterocycles. The highest BCUT2D eigenvalue weighted by Gasteiger charge is 2.48. The van der Waals surface area contributed by atoms with Gasteiger partial charge >= 0.3 is 18.0 Å². The Balaban J connectivity index is 1.77. The minimum absolute atomic E-state index is 0.0331.